The molecule has 0 radical (unpaired) electrons. The highest BCUT2D eigenvalue weighted by molar-refractivity contribution is 6.29. The monoisotopic (exact) mass is 333 g/mol. The van der Waals surface area contributed by atoms with Gasteiger partial charge in [0.15, 0.2) is 0 Å². The first-order chi connectivity index (χ1) is 11.1. The first kappa shape index (κ1) is 15.7. The van der Waals surface area contributed by atoms with Crippen LogP contribution >= 0.6 is 11.6 Å². The molecule has 1 aromatic carbocycles. The predicted molar refractivity (Wildman–Crippen MR) is 88.2 cm³/mol. The minimum atomic E-state index is -0.252. The van der Waals surface area contributed by atoms with Gasteiger partial charge in [0.1, 0.15) is 11.0 Å². The van der Waals surface area contributed by atoms with Gasteiger partial charge in [0.25, 0.3) is 5.91 Å². The average Bonchev–Trinajstić information content (AvgIpc) is 2.57. The van der Waals surface area contributed by atoms with Gasteiger partial charge in [-0.1, -0.05) is 23.7 Å². The summed E-state index contributed by atoms with van der Waals surface area (Å²) in [6.45, 7) is 1.26. The number of rotatable bonds is 3. The van der Waals surface area contributed by atoms with Crippen LogP contribution in [0.2, 0.25) is 5.15 Å². The molecular weight excluding hydrogens is 317 g/mol. The molecule has 0 spiro atoms. The molecule has 1 aliphatic rings. The zero-order chi connectivity index (χ0) is 16.2. The lowest BCUT2D eigenvalue weighted by molar-refractivity contribution is 0.0718. The number of pyridine rings is 1. The van der Waals surface area contributed by atoms with Crippen LogP contribution in [0.1, 0.15) is 23.2 Å². The minimum absolute atomic E-state index is 0.0429. The van der Waals surface area contributed by atoms with E-state index in [2.05, 4.69) is 10.3 Å². The number of likely N-dealkylation sites (tertiary alicyclic amines) is 1. The van der Waals surface area contributed by atoms with Gasteiger partial charge in [-0.2, -0.15) is 0 Å². The fourth-order valence-corrected chi connectivity index (χ4v) is 2.92. The summed E-state index contributed by atoms with van der Waals surface area (Å²) in [7, 11) is 0. The Morgan fingerprint density at radius 2 is 2.00 bits per heavy atom. The first-order valence-electron chi connectivity index (χ1n) is 7.55. The van der Waals surface area contributed by atoms with Crippen molar-refractivity contribution < 1.29 is 9.18 Å². The molecule has 3 rings (SSSR count). The first-order valence-corrected chi connectivity index (χ1v) is 7.93. The number of para-hydroxylation sites is 1. The third-order valence-corrected chi connectivity index (χ3v) is 4.20. The van der Waals surface area contributed by atoms with E-state index < -0.39 is 0 Å². The van der Waals surface area contributed by atoms with Crippen molar-refractivity contribution in [3.8, 4) is 0 Å². The van der Waals surface area contributed by atoms with E-state index in [1.165, 1.54) is 12.3 Å². The SMILES string of the molecule is O=C(c1ccnc(Cl)c1)N1CCC(Nc2ccccc2F)CC1. The van der Waals surface area contributed by atoms with Crippen molar-refractivity contribution in [1.82, 2.24) is 9.88 Å². The number of hydrogen-bond donors (Lipinski definition) is 1. The average molecular weight is 334 g/mol. The highest BCUT2D eigenvalue weighted by atomic mass is 35.5. The van der Waals surface area contributed by atoms with E-state index in [1.54, 1.807) is 35.2 Å². The number of piperidine rings is 1. The molecule has 1 N–H and O–H groups in total. The molecule has 120 valence electrons. The van der Waals surface area contributed by atoms with Crippen molar-refractivity contribution in [1.29, 1.82) is 0 Å². The molecule has 6 heteroatoms. The Balaban J connectivity index is 1.58. The summed E-state index contributed by atoms with van der Waals surface area (Å²) in [6.07, 6.45) is 3.08. The molecule has 0 aliphatic carbocycles. The fraction of sp³-hybridized carbons (Fsp3) is 0.294. The number of halogens is 2. The lowest BCUT2D eigenvalue weighted by Crippen LogP contribution is -2.42. The third kappa shape index (κ3) is 3.79. The number of carbonyl (C=O) groups excluding carboxylic acids is 1. The van der Waals surface area contributed by atoms with Gasteiger partial charge in [0.05, 0.1) is 5.69 Å². The molecule has 2 aromatic rings. The van der Waals surface area contributed by atoms with Crippen molar-refractivity contribution >= 4 is 23.2 Å². The van der Waals surface area contributed by atoms with Gasteiger partial charge in [-0.15, -0.1) is 0 Å². The highest BCUT2D eigenvalue weighted by Gasteiger charge is 2.24. The van der Waals surface area contributed by atoms with Crippen LogP contribution in [0, 0.1) is 5.82 Å². The normalized spacial score (nSPS) is 15.5. The molecule has 0 atom stereocenters. The molecule has 23 heavy (non-hydrogen) atoms. The second kappa shape index (κ2) is 6.96. The van der Waals surface area contributed by atoms with Crippen molar-refractivity contribution in [3.05, 3.63) is 59.1 Å². The number of hydrogen-bond acceptors (Lipinski definition) is 3. The Morgan fingerprint density at radius 1 is 1.26 bits per heavy atom. The Hall–Kier alpha value is -2.14. The largest absolute Gasteiger partial charge is 0.380 e. The van der Waals surface area contributed by atoms with Crippen molar-refractivity contribution in [2.24, 2.45) is 0 Å². The molecular formula is C17H17ClFN3O. The summed E-state index contributed by atoms with van der Waals surface area (Å²) >= 11 is 5.83. The molecule has 1 amide bonds. The Bertz CT molecular complexity index is 702. The molecule has 1 fully saturated rings. The van der Waals surface area contributed by atoms with E-state index in [-0.39, 0.29) is 17.8 Å². The number of anilines is 1. The number of benzene rings is 1. The van der Waals surface area contributed by atoms with Crippen LogP contribution in [0.4, 0.5) is 10.1 Å². The number of aromatic nitrogens is 1. The number of amides is 1. The fourth-order valence-electron chi connectivity index (χ4n) is 2.74. The van der Waals surface area contributed by atoms with Gasteiger partial charge in [-0.05, 0) is 37.1 Å². The second-order valence-electron chi connectivity index (χ2n) is 5.56. The zero-order valence-corrected chi connectivity index (χ0v) is 13.3. The number of nitrogens with one attached hydrogen (secondary N) is 1. The van der Waals surface area contributed by atoms with E-state index in [9.17, 15) is 9.18 Å². The van der Waals surface area contributed by atoms with Gasteiger partial charge < -0.3 is 10.2 Å². The van der Waals surface area contributed by atoms with Crippen molar-refractivity contribution in [2.75, 3.05) is 18.4 Å². The summed E-state index contributed by atoms with van der Waals surface area (Å²) in [6, 6.07) is 10.0. The lowest BCUT2D eigenvalue weighted by Gasteiger charge is -2.33. The van der Waals surface area contributed by atoms with Gasteiger partial charge in [-0.25, -0.2) is 9.37 Å². The lowest BCUT2D eigenvalue weighted by atomic mass is 10.0. The van der Waals surface area contributed by atoms with Crippen molar-refractivity contribution in [3.63, 3.8) is 0 Å². The predicted octanol–water partition coefficient (Wildman–Crippen LogP) is 3.59. The summed E-state index contributed by atoms with van der Waals surface area (Å²) in [5.41, 5.74) is 1.06. The smallest absolute Gasteiger partial charge is 0.254 e. The second-order valence-corrected chi connectivity index (χ2v) is 5.95. The molecule has 1 saturated heterocycles. The molecule has 0 bridgehead atoms. The van der Waals surface area contributed by atoms with E-state index in [1.807, 2.05) is 0 Å². The summed E-state index contributed by atoms with van der Waals surface area (Å²) in [5, 5.41) is 3.53. The van der Waals surface area contributed by atoms with Gasteiger partial charge in [0, 0.05) is 30.9 Å². The summed E-state index contributed by atoms with van der Waals surface area (Å²) < 4.78 is 13.7. The zero-order valence-electron chi connectivity index (χ0n) is 12.5. The standard InChI is InChI=1S/C17H17ClFN3O/c18-16-11-12(5-8-20-16)17(23)22-9-6-13(7-10-22)21-15-4-2-1-3-14(15)19/h1-5,8,11,13,21H,6-7,9-10H2. The van der Waals surface area contributed by atoms with E-state index in [4.69, 9.17) is 11.6 Å². The van der Waals surface area contributed by atoms with E-state index in [0.717, 1.165) is 12.8 Å². The molecule has 2 heterocycles. The molecule has 4 nitrogen and oxygen atoms in total. The Kier molecular flexibility index (Phi) is 4.76. The van der Waals surface area contributed by atoms with Gasteiger partial charge >= 0.3 is 0 Å². The molecule has 1 aromatic heterocycles. The van der Waals surface area contributed by atoms with Crippen LogP contribution in [-0.2, 0) is 0 Å². The van der Waals surface area contributed by atoms with E-state index in [0.29, 0.717) is 29.5 Å². The molecule has 0 unspecified atom stereocenters. The maximum atomic E-state index is 13.7. The quantitative estimate of drug-likeness (QED) is 0.873. The summed E-state index contributed by atoms with van der Waals surface area (Å²) in [5.74, 6) is -0.295. The molecule has 1 aliphatic heterocycles. The number of nitrogens with zero attached hydrogens (tertiary/aromatic N) is 2. The minimum Gasteiger partial charge on any atom is -0.380 e. The summed E-state index contributed by atoms with van der Waals surface area (Å²) in [4.78, 5) is 18.1. The third-order valence-electron chi connectivity index (χ3n) is 3.99. The van der Waals surface area contributed by atoms with Crippen LogP contribution in [0.5, 0.6) is 0 Å². The van der Waals surface area contributed by atoms with Crippen LogP contribution < -0.4 is 5.32 Å². The van der Waals surface area contributed by atoms with Crippen LogP contribution in [0.3, 0.4) is 0 Å². The van der Waals surface area contributed by atoms with Gasteiger partial charge in [0.2, 0.25) is 0 Å². The maximum Gasteiger partial charge on any atom is 0.254 e. The van der Waals surface area contributed by atoms with Crippen molar-refractivity contribution in [2.45, 2.75) is 18.9 Å². The maximum absolute atomic E-state index is 13.7. The Labute approximate surface area is 139 Å². The van der Waals surface area contributed by atoms with Crippen LogP contribution in [0.25, 0.3) is 0 Å². The van der Waals surface area contributed by atoms with Crippen LogP contribution in [0.15, 0.2) is 42.6 Å². The topological polar surface area (TPSA) is 45.2 Å². The molecule has 0 saturated carbocycles. The highest BCUT2D eigenvalue weighted by Crippen LogP contribution is 2.20. The van der Waals surface area contributed by atoms with Crippen LogP contribution in [-0.4, -0.2) is 34.9 Å². The van der Waals surface area contributed by atoms with E-state index >= 15 is 0 Å². The number of carbonyl (C=O) groups is 1. The van der Waals surface area contributed by atoms with Gasteiger partial charge in [-0.3, -0.25) is 4.79 Å². The Morgan fingerprint density at radius 3 is 2.70 bits per heavy atom.